The number of benzene rings is 6. The van der Waals surface area contributed by atoms with Gasteiger partial charge in [-0.05, 0) is 55.2 Å². The highest BCUT2D eigenvalue weighted by atomic mass is 15.3. The van der Waals surface area contributed by atoms with E-state index in [4.69, 9.17) is 0 Å². The molecule has 0 bridgehead atoms. The quantitative estimate of drug-likeness (QED) is 0.270. The van der Waals surface area contributed by atoms with Gasteiger partial charge in [-0.25, -0.2) is 0 Å². The molecule has 0 fully saturated rings. The van der Waals surface area contributed by atoms with Gasteiger partial charge in [0, 0.05) is 11.1 Å². The lowest BCUT2D eigenvalue weighted by molar-refractivity contribution is 0.879. The second-order valence-corrected chi connectivity index (χ2v) is 8.43. The first-order valence-electron chi connectivity index (χ1n) is 11.3. The van der Waals surface area contributed by atoms with Crippen LogP contribution < -0.4 is 0 Å². The second kappa shape index (κ2) is 7.42. The van der Waals surface area contributed by atoms with Crippen LogP contribution in [-0.2, 0) is 0 Å². The summed E-state index contributed by atoms with van der Waals surface area (Å²) in [6.07, 6.45) is 0. The van der Waals surface area contributed by atoms with Gasteiger partial charge in [-0.2, -0.15) is 0 Å². The zero-order valence-electron chi connectivity index (χ0n) is 18.2. The fourth-order valence-electron chi connectivity index (χ4n) is 4.92. The molecular weight excluding hydrogens is 416 g/mol. The third kappa shape index (κ3) is 2.86. The third-order valence-electron chi connectivity index (χ3n) is 6.50. The Hall–Kier alpha value is -4.70. The van der Waals surface area contributed by atoms with E-state index in [1.165, 1.54) is 21.5 Å². The van der Waals surface area contributed by atoms with Crippen LogP contribution in [0.2, 0.25) is 0 Å². The fourth-order valence-corrected chi connectivity index (χ4v) is 4.92. The third-order valence-corrected chi connectivity index (χ3v) is 6.50. The average molecular weight is 435 g/mol. The van der Waals surface area contributed by atoms with E-state index < -0.39 is 0 Å². The minimum Gasteiger partial charge on any atom is -0.126 e. The van der Waals surface area contributed by atoms with Crippen molar-refractivity contribution in [3.8, 4) is 22.8 Å². The number of hydrogen-bond acceptors (Lipinski definition) is 4. The molecule has 0 aliphatic heterocycles. The molecule has 0 N–H and O–H groups in total. The number of aromatic nitrogens is 4. The first-order chi connectivity index (χ1) is 16.9. The Morgan fingerprint density at radius 1 is 0.324 bits per heavy atom. The summed E-state index contributed by atoms with van der Waals surface area (Å²) >= 11 is 0. The van der Waals surface area contributed by atoms with Gasteiger partial charge in [0.25, 0.3) is 0 Å². The van der Waals surface area contributed by atoms with E-state index in [0.29, 0.717) is 11.6 Å². The summed E-state index contributed by atoms with van der Waals surface area (Å²) in [6.45, 7) is 0. The Labute approximate surface area is 195 Å². The van der Waals surface area contributed by atoms with Gasteiger partial charge in [-0.3, -0.25) is 0 Å². The zero-order chi connectivity index (χ0) is 22.5. The van der Waals surface area contributed by atoms with Crippen LogP contribution in [0, 0.1) is 0 Å². The molecular formula is C30H18N4. The van der Waals surface area contributed by atoms with Crippen molar-refractivity contribution in [1.82, 2.24) is 20.4 Å². The zero-order valence-corrected chi connectivity index (χ0v) is 18.2. The predicted molar refractivity (Wildman–Crippen MR) is 139 cm³/mol. The first-order valence-corrected chi connectivity index (χ1v) is 11.3. The van der Waals surface area contributed by atoms with Crippen LogP contribution in [0.5, 0.6) is 0 Å². The summed E-state index contributed by atoms with van der Waals surface area (Å²) in [5, 5.41) is 27.4. The van der Waals surface area contributed by atoms with Gasteiger partial charge in [0.2, 0.25) is 11.6 Å². The van der Waals surface area contributed by atoms with Crippen molar-refractivity contribution in [2.24, 2.45) is 0 Å². The van der Waals surface area contributed by atoms with Gasteiger partial charge in [0.15, 0.2) is 0 Å². The van der Waals surface area contributed by atoms with Gasteiger partial charge in [-0.1, -0.05) is 97.1 Å². The highest BCUT2D eigenvalue weighted by Gasteiger charge is 2.15. The van der Waals surface area contributed by atoms with Crippen molar-refractivity contribution in [1.29, 1.82) is 0 Å². The van der Waals surface area contributed by atoms with E-state index in [1.54, 1.807) is 0 Å². The van der Waals surface area contributed by atoms with Crippen LogP contribution in [0.3, 0.4) is 0 Å². The highest BCUT2D eigenvalue weighted by molar-refractivity contribution is 6.14. The van der Waals surface area contributed by atoms with E-state index >= 15 is 0 Å². The van der Waals surface area contributed by atoms with E-state index in [2.05, 4.69) is 105 Å². The minimum absolute atomic E-state index is 0.524. The molecule has 0 amide bonds. The molecule has 34 heavy (non-hydrogen) atoms. The van der Waals surface area contributed by atoms with Crippen molar-refractivity contribution < 1.29 is 0 Å². The summed E-state index contributed by atoms with van der Waals surface area (Å²) in [4.78, 5) is 0. The molecule has 0 spiro atoms. The van der Waals surface area contributed by atoms with E-state index in [9.17, 15) is 0 Å². The summed E-state index contributed by atoms with van der Waals surface area (Å²) in [7, 11) is 0. The molecule has 0 radical (unpaired) electrons. The number of fused-ring (bicyclic) bond motifs is 6. The summed E-state index contributed by atoms with van der Waals surface area (Å²) in [5.41, 5.74) is 1.87. The normalized spacial score (nSPS) is 11.5. The summed E-state index contributed by atoms with van der Waals surface area (Å²) in [6, 6.07) is 37.7. The minimum atomic E-state index is 0.524. The molecule has 6 aromatic carbocycles. The van der Waals surface area contributed by atoms with Crippen LogP contribution in [0.25, 0.3) is 65.9 Å². The maximum absolute atomic E-state index is 4.55. The van der Waals surface area contributed by atoms with Crippen LogP contribution in [0.15, 0.2) is 109 Å². The van der Waals surface area contributed by atoms with Crippen LogP contribution in [0.1, 0.15) is 0 Å². The van der Waals surface area contributed by atoms with Gasteiger partial charge in [0.1, 0.15) is 0 Å². The van der Waals surface area contributed by atoms with E-state index in [-0.39, 0.29) is 0 Å². The summed E-state index contributed by atoms with van der Waals surface area (Å²) in [5.74, 6) is 1.05. The molecule has 158 valence electrons. The van der Waals surface area contributed by atoms with Crippen LogP contribution in [0.4, 0.5) is 0 Å². The number of hydrogen-bond donors (Lipinski definition) is 0. The van der Waals surface area contributed by atoms with Crippen molar-refractivity contribution >= 4 is 43.1 Å². The molecule has 0 unspecified atom stereocenters. The molecule has 0 saturated heterocycles. The lowest BCUT2D eigenvalue weighted by Gasteiger charge is -2.10. The molecule has 0 atom stereocenters. The number of nitrogens with zero attached hydrogens (tertiary/aromatic N) is 4. The molecule has 4 heteroatoms. The van der Waals surface area contributed by atoms with E-state index in [0.717, 1.165) is 32.7 Å². The monoisotopic (exact) mass is 434 g/mol. The lowest BCUT2D eigenvalue weighted by atomic mass is 9.97. The maximum Gasteiger partial charge on any atom is 0.204 e. The Morgan fingerprint density at radius 3 is 1.06 bits per heavy atom. The molecule has 0 aliphatic rings. The van der Waals surface area contributed by atoms with Gasteiger partial charge < -0.3 is 0 Å². The molecule has 1 aromatic heterocycles. The van der Waals surface area contributed by atoms with Crippen LogP contribution in [-0.4, -0.2) is 20.4 Å². The Balaban J connectivity index is 1.43. The van der Waals surface area contributed by atoms with Crippen molar-refractivity contribution in [3.05, 3.63) is 109 Å². The Kier molecular flexibility index (Phi) is 4.11. The average Bonchev–Trinajstić information content (AvgIpc) is 2.92. The van der Waals surface area contributed by atoms with Gasteiger partial charge >= 0.3 is 0 Å². The number of rotatable bonds is 2. The standard InChI is InChI=1S/C30H18N4/c1-3-11-21-19(9-1)17-27(25-15-7-5-13-23(21)25)29-31-33-30(34-32-29)28-18-20-10-2-4-12-22(20)24-14-6-8-16-26(24)28/h1-18H. The predicted octanol–water partition coefficient (Wildman–Crippen LogP) is 7.21. The van der Waals surface area contributed by atoms with Crippen molar-refractivity contribution in [2.75, 3.05) is 0 Å². The highest BCUT2D eigenvalue weighted by Crippen LogP contribution is 2.35. The summed E-state index contributed by atoms with van der Waals surface area (Å²) < 4.78 is 0. The van der Waals surface area contributed by atoms with Crippen LogP contribution >= 0.6 is 0 Å². The Bertz CT molecular complexity index is 1720. The van der Waals surface area contributed by atoms with Gasteiger partial charge in [-0.15, -0.1) is 20.4 Å². The van der Waals surface area contributed by atoms with Crippen molar-refractivity contribution in [2.45, 2.75) is 0 Å². The SMILES string of the molecule is c1ccc2c(c1)cc(-c1nnc(-c3cc4ccccc4c4ccccc34)nn1)c1ccccc12. The maximum atomic E-state index is 4.55. The first kappa shape index (κ1) is 18.8. The molecule has 7 aromatic rings. The second-order valence-electron chi connectivity index (χ2n) is 8.43. The van der Waals surface area contributed by atoms with Crippen molar-refractivity contribution in [3.63, 3.8) is 0 Å². The van der Waals surface area contributed by atoms with Gasteiger partial charge in [0.05, 0.1) is 0 Å². The largest absolute Gasteiger partial charge is 0.204 e. The molecule has 0 saturated carbocycles. The molecule has 4 nitrogen and oxygen atoms in total. The molecule has 0 aliphatic carbocycles. The lowest BCUT2D eigenvalue weighted by Crippen LogP contribution is -2.00. The Morgan fingerprint density at radius 2 is 0.647 bits per heavy atom. The fraction of sp³-hybridized carbons (Fsp3) is 0. The van der Waals surface area contributed by atoms with E-state index in [1.807, 2.05) is 24.3 Å². The topological polar surface area (TPSA) is 51.6 Å². The molecule has 1 heterocycles. The smallest absolute Gasteiger partial charge is 0.126 e. The molecule has 7 rings (SSSR count).